The highest BCUT2D eigenvalue weighted by Crippen LogP contribution is 2.35. The Labute approximate surface area is 264 Å². The maximum Gasteiger partial charge on any atom is 0.434 e. The van der Waals surface area contributed by atoms with Crippen molar-refractivity contribution in [2.45, 2.75) is 50.4 Å². The van der Waals surface area contributed by atoms with E-state index in [-0.39, 0.29) is 56.9 Å². The molecule has 3 N–H and O–H groups in total. The van der Waals surface area contributed by atoms with Gasteiger partial charge in [0.25, 0.3) is 11.8 Å². The van der Waals surface area contributed by atoms with Crippen LogP contribution < -0.4 is 20.7 Å². The molecule has 3 aliphatic rings. The molecule has 2 saturated heterocycles. The van der Waals surface area contributed by atoms with E-state index in [4.69, 9.17) is 9.47 Å². The highest BCUT2D eigenvalue weighted by molar-refractivity contribution is 5.96. The van der Waals surface area contributed by atoms with Crippen molar-refractivity contribution in [3.05, 3.63) is 77.0 Å². The largest absolute Gasteiger partial charge is 0.481 e. The van der Waals surface area contributed by atoms with Gasteiger partial charge in [0.05, 0.1) is 24.4 Å². The van der Waals surface area contributed by atoms with Crippen molar-refractivity contribution < 1.29 is 36.6 Å². The highest BCUT2D eigenvalue weighted by Gasteiger charge is 2.43. The predicted molar refractivity (Wildman–Crippen MR) is 159 cm³/mol. The topological polar surface area (TPSA) is 121 Å². The third-order valence-corrected chi connectivity index (χ3v) is 8.32. The molecule has 0 aliphatic carbocycles. The quantitative estimate of drug-likeness (QED) is 0.353. The molecule has 2 amide bonds. The number of methoxy groups -OCH3 is 1. The summed E-state index contributed by atoms with van der Waals surface area (Å²) in [6, 6.07) is 4.73. The standard InChI is InChI=1S/C31H37F4N7O4/c1-4-20-18-41(29(44)21-8-9-25(45-3)39-27(21)31(33,34)35)13-14-42(20)24-10-11-30(46-5-2,19-7-6-12-36-15-19)40-26(24)28(43)38-23-17-37-16-22(23)32/h6-12,15,20,22-23,37,40H,4-5,13-14,16-18H2,1-3H3,(H,38,43)/t20-,22-,23-,30?/m1/s1. The van der Waals surface area contributed by atoms with Crippen LogP contribution in [0.4, 0.5) is 17.6 Å². The van der Waals surface area contributed by atoms with Gasteiger partial charge in [-0.15, -0.1) is 0 Å². The minimum atomic E-state index is -4.87. The van der Waals surface area contributed by atoms with Crippen LogP contribution >= 0.6 is 0 Å². The number of ether oxygens (including phenoxy) is 2. The van der Waals surface area contributed by atoms with Gasteiger partial charge in [-0.3, -0.25) is 14.6 Å². The molecule has 15 heteroatoms. The summed E-state index contributed by atoms with van der Waals surface area (Å²) in [7, 11) is 1.20. The summed E-state index contributed by atoms with van der Waals surface area (Å²) in [5.74, 6) is -1.60. The molecule has 248 valence electrons. The molecule has 2 aromatic rings. The number of allylic oxidation sites excluding steroid dienone is 1. The van der Waals surface area contributed by atoms with Crippen LogP contribution in [0.1, 0.15) is 41.9 Å². The molecule has 0 bridgehead atoms. The summed E-state index contributed by atoms with van der Waals surface area (Å²) in [5, 5.41) is 8.99. The molecule has 5 rings (SSSR count). The van der Waals surface area contributed by atoms with Crippen LogP contribution in [-0.2, 0) is 21.4 Å². The first-order valence-corrected chi connectivity index (χ1v) is 15.1. The van der Waals surface area contributed by atoms with Gasteiger partial charge in [-0.25, -0.2) is 9.37 Å². The number of nitrogens with one attached hydrogen (secondary N) is 3. The van der Waals surface area contributed by atoms with Crippen molar-refractivity contribution >= 4 is 11.8 Å². The molecule has 3 aliphatic heterocycles. The van der Waals surface area contributed by atoms with E-state index < -0.39 is 47.2 Å². The molecule has 1 unspecified atom stereocenters. The van der Waals surface area contributed by atoms with Crippen LogP contribution in [0.2, 0.25) is 0 Å². The van der Waals surface area contributed by atoms with Gasteiger partial charge >= 0.3 is 6.18 Å². The zero-order valence-corrected chi connectivity index (χ0v) is 25.7. The third kappa shape index (κ3) is 6.65. The molecule has 5 heterocycles. The van der Waals surface area contributed by atoms with Crippen molar-refractivity contribution in [3.8, 4) is 5.88 Å². The fourth-order valence-electron chi connectivity index (χ4n) is 5.98. The predicted octanol–water partition coefficient (Wildman–Crippen LogP) is 2.73. The van der Waals surface area contributed by atoms with Gasteiger partial charge in [0.1, 0.15) is 11.9 Å². The lowest BCUT2D eigenvalue weighted by Crippen LogP contribution is -2.57. The molecule has 2 fully saturated rings. The first kappa shape index (κ1) is 33.1. The number of pyridine rings is 2. The lowest BCUT2D eigenvalue weighted by molar-refractivity contribution is -0.141. The first-order chi connectivity index (χ1) is 22.0. The van der Waals surface area contributed by atoms with Gasteiger partial charge in [-0.05, 0) is 37.6 Å². The number of piperazine rings is 1. The number of hydrogen-bond acceptors (Lipinski definition) is 9. The van der Waals surface area contributed by atoms with Gasteiger partial charge in [-0.2, -0.15) is 13.2 Å². The van der Waals surface area contributed by atoms with Crippen molar-refractivity contribution in [2.75, 3.05) is 46.4 Å². The van der Waals surface area contributed by atoms with E-state index in [1.54, 1.807) is 30.6 Å². The Hall–Kier alpha value is -4.24. The van der Waals surface area contributed by atoms with Crippen LogP contribution in [0.3, 0.4) is 0 Å². The molecule has 0 aromatic carbocycles. The smallest absolute Gasteiger partial charge is 0.434 e. The molecular formula is C31H37F4N7O4. The minimum absolute atomic E-state index is 0.0726. The van der Waals surface area contributed by atoms with E-state index in [2.05, 4.69) is 25.9 Å². The molecule has 0 spiro atoms. The van der Waals surface area contributed by atoms with Gasteiger partial charge in [0.2, 0.25) is 5.88 Å². The Morgan fingerprint density at radius 3 is 2.61 bits per heavy atom. The lowest BCUT2D eigenvalue weighted by atomic mass is 9.97. The Morgan fingerprint density at radius 2 is 1.98 bits per heavy atom. The number of halogens is 4. The van der Waals surface area contributed by atoms with Gasteiger partial charge in [-0.1, -0.05) is 13.0 Å². The number of amides is 2. The van der Waals surface area contributed by atoms with Crippen LogP contribution in [0, 0.1) is 0 Å². The maximum atomic E-state index is 14.5. The Bertz CT molecular complexity index is 1490. The van der Waals surface area contributed by atoms with Crippen LogP contribution in [-0.4, -0.2) is 96.3 Å². The number of aromatic nitrogens is 2. The SMILES string of the molecule is CCOC1(c2cccnc2)C=CC(N2CCN(C(=O)c3ccc(OC)nc3C(F)(F)F)C[C@H]2CC)=C(C(=O)N[C@@H]2CNC[C@H]2F)N1. The monoisotopic (exact) mass is 647 g/mol. The van der Waals surface area contributed by atoms with E-state index in [1.165, 1.54) is 18.1 Å². The average Bonchev–Trinajstić information content (AvgIpc) is 3.47. The second-order valence-electron chi connectivity index (χ2n) is 11.1. The van der Waals surface area contributed by atoms with Crippen molar-refractivity contribution in [1.82, 2.24) is 35.7 Å². The van der Waals surface area contributed by atoms with Gasteiger partial charge in [0.15, 0.2) is 11.4 Å². The fourth-order valence-corrected chi connectivity index (χ4v) is 5.98. The Balaban J connectivity index is 1.47. The van der Waals surface area contributed by atoms with E-state index in [0.717, 1.165) is 6.07 Å². The Kier molecular flexibility index (Phi) is 9.82. The van der Waals surface area contributed by atoms with Gasteiger partial charge < -0.3 is 35.2 Å². The normalized spacial score (nSPS) is 25.0. The molecule has 0 saturated carbocycles. The van der Waals surface area contributed by atoms with Crippen LogP contribution in [0.5, 0.6) is 5.88 Å². The van der Waals surface area contributed by atoms with E-state index in [1.807, 2.05) is 24.8 Å². The lowest BCUT2D eigenvalue weighted by Gasteiger charge is -2.46. The summed E-state index contributed by atoms with van der Waals surface area (Å²) in [6.07, 6.45) is 1.13. The summed E-state index contributed by atoms with van der Waals surface area (Å²) < 4.78 is 67.2. The molecule has 2 aromatic heterocycles. The molecule has 11 nitrogen and oxygen atoms in total. The summed E-state index contributed by atoms with van der Waals surface area (Å²) in [4.78, 5) is 38.4. The zero-order chi connectivity index (χ0) is 33.1. The van der Waals surface area contributed by atoms with Crippen LogP contribution in [0.25, 0.3) is 0 Å². The number of carbonyl (C=O) groups is 2. The maximum absolute atomic E-state index is 14.5. The summed E-state index contributed by atoms with van der Waals surface area (Å²) in [6.45, 7) is 4.74. The number of carbonyl (C=O) groups excluding carboxylic acids is 2. The third-order valence-electron chi connectivity index (χ3n) is 8.32. The molecule has 0 radical (unpaired) electrons. The van der Waals surface area contributed by atoms with Crippen molar-refractivity contribution in [1.29, 1.82) is 0 Å². The summed E-state index contributed by atoms with van der Waals surface area (Å²) in [5.41, 5.74) is -1.88. The summed E-state index contributed by atoms with van der Waals surface area (Å²) >= 11 is 0. The second kappa shape index (κ2) is 13.6. The number of hydrogen-bond donors (Lipinski definition) is 3. The zero-order valence-electron chi connectivity index (χ0n) is 25.7. The Morgan fingerprint density at radius 1 is 1.17 bits per heavy atom. The minimum Gasteiger partial charge on any atom is -0.481 e. The average molecular weight is 648 g/mol. The van der Waals surface area contributed by atoms with Gasteiger partial charge in [0, 0.05) is 69.4 Å². The van der Waals surface area contributed by atoms with E-state index >= 15 is 0 Å². The number of alkyl halides is 4. The fraction of sp³-hybridized carbons (Fsp3) is 0.484. The highest BCUT2D eigenvalue weighted by atomic mass is 19.4. The molecule has 46 heavy (non-hydrogen) atoms. The van der Waals surface area contributed by atoms with Crippen LogP contribution in [0.15, 0.2) is 60.2 Å². The number of rotatable bonds is 9. The van der Waals surface area contributed by atoms with E-state index in [0.29, 0.717) is 17.7 Å². The number of dihydropyridines is 1. The van der Waals surface area contributed by atoms with E-state index in [9.17, 15) is 27.2 Å². The number of nitrogens with zero attached hydrogens (tertiary/aromatic N) is 4. The first-order valence-electron chi connectivity index (χ1n) is 15.1. The second-order valence-corrected chi connectivity index (χ2v) is 11.1. The molecule has 4 atom stereocenters. The van der Waals surface area contributed by atoms with Crippen molar-refractivity contribution in [2.24, 2.45) is 0 Å². The van der Waals surface area contributed by atoms with Crippen molar-refractivity contribution in [3.63, 3.8) is 0 Å². The molecular weight excluding hydrogens is 610 g/mol.